The molecule has 1 saturated heterocycles. The molecule has 2 heterocycles. The molecule has 0 unspecified atom stereocenters. The predicted molar refractivity (Wildman–Crippen MR) is 126 cm³/mol. The summed E-state index contributed by atoms with van der Waals surface area (Å²) in [5, 5.41) is 4.81. The van der Waals surface area contributed by atoms with Crippen molar-refractivity contribution in [2.45, 2.75) is 18.9 Å². The lowest BCUT2D eigenvalue weighted by Gasteiger charge is -2.33. The van der Waals surface area contributed by atoms with E-state index in [1.54, 1.807) is 36.2 Å². The number of para-hydroxylation sites is 1. The Balaban J connectivity index is 1.39. The summed E-state index contributed by atoms with van der Waals surface area (Å²) < 4.78 is 13.1. The van der Waals surface area contributed by atoms with Crippen LogP contribution >= 0.6 is 11.3 Å². The molecule has 33 heavy (non-hydrogen) atoms. The summed E-state index contributed by atoms with van der Waals surface area (Å²) in [4.78, 5) is 42.3. The summed E-state index contributed by atoms with van der Waals surface area (Å²) in [6.45, 7) is 0.980. The van der Waals surface area contributed by atoms with Crippen LogP contribution in [0.1, 0.15) is 43.2 Å². The van der Waals surface area contributed by atoms with Gasteiger partial charge in [0.1, 0.15) is 5.82 Å². The number of carbonyl (C=O) groups excluding carboxylic acids is 3. The fourth-order valence-corrected chi connectivity index (χ4v) is 4.59. The molecule has 8 heteroatoms. The van der Waals surface area contributed by atoms with Gasteiger partial charge >= 0.3 is 0 Å². The quantitative estimate of drug-likeness (QED) is 0.614. The lowest BCUT2D eigenvalue weighted by Crippen LogP contribution is -2.46. The molecule has 6 nitrogen and oxygen atoms in total. The van der Waals surface area contributed by atoms with Gasteiger partial charge in [-0.1, -0.05) is 18.2 Å². The zero-order valence-electron chi connectivity index (χ0n) is 18.2. The van der Waals surface area contributed by atoms with E-state index in [1.807, 2.05) is 17.5 Å². The fraction of sp³-hybridized carbons (Fsp3) is 0.240. The van der Waals surface area contributed by atoms with Gasteiger partial charge < -0.3 is 15.1 Å². The van der Waals surface area contributed by atoms with Gasteiger partial charge in [0, 0.05) is 31.7 Å². The number of hydrogen-bond donors (Lipinski definition) is 1. The standard InChI is InChI=1S/C25H24FN3O3S/c1-28(25(32)22-7-4-16-33-22)21-6-3-2-5-20(21)24(31)29-14-12-19(13-15-29)27-23(30)17-8-10-18(26)11-9-17/h2-11,16,19H,12-15H2,1H3,(H,27,30). The Morgan fingerprint density at radius 3 is 2.36 bits per heavy atom. The minimum absolute atomic E-state index is 0.0649. The Kier molecular flexibility index (Phi) is 6.84. The minimum Gasteiger partial charge on any atom is -0.349 e. The number of likely N-dealkylation sites (tertiary alicyclic amines) is 1. The van der Waals surface area contributed by atoms with Gasteiger partial charge in [0.2, 0.25) is 0 Å². The number of anilines is 1. The van der Waals surface area contributed by atoms with Gasteiger partial charge in [-0.15, -0.1) is 11.3 Å². The highest BCUT2D eigenvalue weighted by atomic mass is 32.1. The number of benzene rings is 2. The molecule has 0 atom stereocenters. The molecule has 0 aliphatic carbocycles. The molecule has 0 bridgehead atoms. The van der Waals surface area contributed by atoms with Crippen molar-refractivity contribution in [2.24, 2.45) is 0 Å². The van der Waals surface area contributed by atoms with E-state index >= 15 is 0 Å². The number of rotatable bonds is 5. The van der Waals surface area contributed by atoms with E-state index in [-0.39, 0.29) is 29.6 Å². The van der Waals surface area contributed by atoms with Crippen LogP contribution in [0.25, 0.3) is 0 Å². The van der Waals surface area contributed by atoms with Crippen molar-refractivity contribution in [3.05, 3.63) is 87.9 Å². The monoisotopic (exact) mass is 465 g/mol. The van der Waals surface area contributed by atoms with E-state index in [0.717, 1.165) is 0 Å². The van der Waals surface area contributed by atoms with Gasteiger partial charge in [0.15, 0.2) is 0 Å². The molecule has 4 rings (SSSR count). The lowest BCUT2D eigenvalue weighted by atomic mass is 10.0. The third-order valence-corrected chi connectivity index (χ3v) is 6.61. The van der Waals surface area contributed by atoms with E-state index in [0.29, 0.717) is 47.6 Å². The molecule has 1 fully saturated rings. The number of nitrogens with one attached hydrogen (secondary N) is 1. The Hall–Kier alpha value is -3.52. The summed E-state index contributed by atoms with van der Waals surface area (Å²) in [6.07, 6.45) is 1.23. The molecular weight excluding hydrogens is 441 g/mol. The van der Waals surface area contributed by atoms with Crippen LogP contribution < -0.4 is 10.2 Å². The van der Waals surface area contributed by atoms with Crippen molar-refractivity contribution in [3.8, 4) is 0 Å². The van der Waals surface area contributed by atoms with E-state index in [1.165, 1.54) is 40.5 Å². The second-order valence-electron chi connectivity index (χ2n) is 7.91. The van der Waals surface area contributed by atoms with Gasteiger partial charge in [-0.25, -0.2) is 4.39 Å². The molecule has 3 aromatic rings. The Bertz CT molecular complexity index is 1140. The van der Waals surface area contributed by atoms with Crippen LogP contribution in [0.4, 0.5) is 10.1 Å². The highest BCUT2D eigenvalue weighted by Gasteiger charge is 2.28. The van der Waals surface area contributed by atoms with Crippen molar-refractivity contribution < 1.29 is 18.8 Å². The maximum absolute atomic E-state index is 13.3. The van der Waals surface area contributed by atoms with Crippen LogP contribution in [0.15, 0.2) is 66.0 Å². The maximum atomic E-state index is 13.3. The molecule has 1 aliphatic heterocycles. The fourth-order valence-electron chi connectivity index (χ4n) is 3.89. The van der Waals surface area contributed by atoms with Crippen molar-refractivity contribution in [1.29, 1.82) is 0 Å². The lowest BCUT2D eigenvalue weighted by molar-refractivity contribution is 0.0699. The van der Waals surface area contributed by atoms with Crippen LogP contribution in [-0.4, -0.2) is 48.8 Å². The van der Waals surface area contributed by atoms with Crippen molar-refractivity contribution in [2.75, 3.05) is 25.0 Å². The molecule has 1 N–H and O–H groups in total. The molecule has 1 aliphatic rings. The van der Waals surface area contributed by atoms with Gasteiger partial charge in [0.25, 0.3) is 17.7 Å². The maximum Gasteiger partial charge on any atom is 0.268 e. The molecule has 2 aromatic carbocycles. The summed E-state index contributed by atoms with van der Waals surface area (Å²) in [5.41, 5.74) is 1.44. The number of hydrogen-bond acceptors (Lipinski definition) is 4. The first kappa shape index (κ1) is 22.7. The van der Waals surface area contributed by atoms with E-state index in [2.05, 4.69) is 5.32 Å². The first-order chi connectivity index (χ1) is 15.9. The Labute approximate surface area is 195 Å². The van der Waals surface area contributed by atoms with Crippen LogP contribution in [0.2, 0.25) is 0 Å². The number of halogens is 1. The molecular formula is C25H24FN3O3S. The average molecular weight is 466 g/mol. The molecule has 1 aromatic heterocycles. The SMILES string of the molecule is CN(C(=O)c1cccs1)c1ccccc1C(=O)N1CCC(NC(=O)c2ccc(F)cc2)CC1. The van der Waals surface area contributed by atoms with Crippen molar-refractivity contribution in [3.63, 3.8) is 0 Å². The summed E-state index contributed by atoms with van der Waals surface area (Å²) >= 11 is 1.36. The Morgan fingerprint density at radius 2 is 1.70 bits per heavy atom. The van der Waals surface area contributed by atoms with Crippen LogP contribution in [0, 0.1) is 5.82 Å². The smallest absolute Gasteiger partial charge is 0.268 e. The van der Waals surface area contributed by atoms with Crippen LogP contribution in [0.5, 0.6) is 0 Å². The van der Waals surface area contributed by atoms with Crippen LogP contribution in [-0.2, 0) is 0 Å². The molecule has 0 radical (unpaired) electrons. The zero-order valence-corrected chi connectivity index (χ0v) is 19.0. The van der Waals surface area contributed by atoms with E-state index in [4.69, 9.17) is 0 Å². The molecule has 0 saturated carbocycles. The second kappa shape index (κ2) is 9.95. The van der Waals surface area contributed by atoms with Crippen molar-refractivity contribution >= 4 is 34.7 Å². The summed E-state index contributed by atoms with van der Waals surface area (Å²) in [7, 11) is 1.67. The second-order valence-corrected chi connectivity index (χ2v) is 8.85. The van der Waals surface area contributed by atoms with E-state index < -0.39 is 0 Å². The number of thiophene rings is 1. The minimum atomic E-state index is -0.388. The predicted octanol–water partition coefficient (Wildman–Crippen LogP) is 4.20. The largest absolute Gasteiger partial charge is 0.349 e. The van der Waals surface area contributed by atoms with Gasteiger partial charge in [-0.05, 0) is 60.7 Å². The summed E-state index contributed by atoms with van der Waals surface area (Å²) in [6, 6.07) is 16.0. The Morgan fingerprint density at radius 1 is 1.00 bits per heavy atom. The summed E-state index contributed by atoms with van der Waals surface area (Å²) in [5.74, 6) is -0.938. The average Bonchev–Trinajstić information content (AvgIpc) is 3.38. The molecule has 0 spiro atoms. The zero-order chi connectivity index (χ0) is 23.4. The van der Waals surface area contributed by atoms with Gasteiger partial charge in [-0.2, -0.15) is 0 Å². The van der Waals surface area contributed by atoms with Crippen molar-refractivity contribution in [1.82, 2.24) is 10.2 Å². The third-order valence-electron chi connectivity index (χ3n) is 5.76. The number of nitrogens with zero attached hydrogens (tertiary/aromatic N) is 2. The van der Waals surface area contributed by atoms with E-state index in [9.17, 15) is 18.8 Å². The third kappa shape index (κ3) is 5.12. The molecule has 3 amide bonds. The highest BCUT2D eigenvalue weighted by Crippen LogP contribution is 2.25. The first-order valence-corrected chi connectivity index (χ1v) is 11.6. The number of piperidine rings is 1. The highest BCUT2D eigenvalue weighted by molar-refractivity contribution is 7.12. The molecule has 170 valence electrons. The van der Waals surface area contributed by atoms with Crippen LogP contribution in [0.3, 0.4) is 0 Å². The first-order valence-electron chi connectivity index (χ1n) is 10.7. The number of carbonyl (C=O) groups is 3. The van der Waals surface area contributed by atoms with Gasteiger partial charge in [0.05, 0.1) is 16.1 Å². The number of amides is 3. The normalized spacial score (nSPS) is 14.1. The van der Waals surface area contributed by atoms with Gasteiger partial charge in [-0.3, -0.25) is 14.4 Å². The topological polar surface area (TPSA) is 69.7 Å².